The zero-order valence-corrected chi connectivity index (χ0v) is 7.07. The monoisotopic (exact) mass is 180 g/mol. The maximum absolute atomic E-state index is 11.0. The molecule has 0 radical (unpaired) electrons. The Labute approximate surface area is 74.9 Å². The van der Waals surface area contributed by atoms with Gasteiger partial charge in [-0.2, -0.15) is 0 Å². The number of hydrogen-bond acceptors (Lipinski definition) is 4. The number of carbonyl (C=O) groups is 3. The van der Waals surface area contributed by atoms with Crippen molar-refractivity contribution in [3.8, 4) is 0 Å². The van der Waals surface area contributed by atoms with E-state index in [-0.39, 0.29) is 18.0 Å². The second-order valence-corrected chi connectivity index (χ2v) is 2.44. The molecule has 0 unspecified atom stereocenters. The Balaban J connectivity index is 2.74. The van der Waals surface area contributed by atoms with Crippen molar-refractivity contribution in [2.24, 2.45) is 0 Å². The fourth-order valence-corrected chi connectivity index (χ4v) is 0.763. The molecule has 1 aliphatic rings. The molecule has 0 amide bonds. The van der Waals surface area contributed by atoms with Crippen molar-refractivity contribution >= 4 is 17.5 Å². The van der Waals surface area contributed by atoms with Gasteiger partial charge in [0.15, 0.2) is 11.5 Å². The number of allylic oxidation sites excluding steroid dienone is 3. The van der Waals surface area contributed by atoms with Gasteiger partial charge in [0.2, 0.25) is 5.78 Å². The molecule has 4 nitrogen and oxygen atoms in total. The van der Waals surface area contributed by atoms with Gasteiger partial charge < -0.3 is 4.74 Å². The molecular formula is C9H8O4. The normalized spacial score (nSPS) is 15.6. The van der Waals surface area contributed by atoms with Crippen LogP contribution in [0.1, 0.15) is 13.3 Å². The van der Waals surface area contributed by atoms with Gasteiger partial charge in [0, 0.05) is 12.5 Å². The molecule has 0 heterocycles. The molecule has 0 atom stereocenters. The summed E-state index contributed by atoms with van der Waals surface area (Å²) in [6.07, 6.45) is 3.39. The summed E-state index contributed by atoms with van der Waals surface area (Å²) in [5, 5.41) is 0. The van der Waals surface area contributed by atoms with E-state index in [0.717, 1.165) is 18.2 Å². The summed E-state index contributed by atoms with van der Waals surface area (Å²) >= 11 is 0. The third-order valence-corrected chi connectivity index (χ3v) is 1.43. The number of ether oxygens (including phenoxy) is 1. The fraction of sp³-hybridized carbons (Fsp3) is 0.222. The van der Waals surface area contributed by atoms with Crippen LogP contribution >= 0.6 is 0 Å². The minimum atomic E-state index is -0.525. The van der Waals surface area contributed by atoms with Gasteiger partial charge in [-0.1, -0.05) is 6.92 Å². The Hall–Kier alpha value is -1.71. The highest BCUT2D eigenvalue weighted by Gasteiger charge is 2.16. The van der Waals surface area contributed by atoms with Crippen LogP contribution in [-0.4, -0.2) is 17.5 Å². The maximum Gasteiger partial charge on any atom is 0.311 e. The molecule has 1 aliphatic carbocycles. The summed E-state index contributed by atoms with van der Waals surface area (Å²) in [6.45, 7) is 1.61. The second kappa shape index (κ2) is 3.80. The summed E-state index contributed by atoms with van der Waals surface area (Å²) in [4.78, 5) is 32.6. The van der Waals surface area contributed by atoms with E-state index in [1.807, 2.05) is 0 Å². The average Bonchev–Trinajstić information content (AvgIpc) is 2.11. The van der Waals surface area contributed by atoms with E-state index in [1.54, 1.807) is 6.92 Å². The summed E-state index contributed by atoms with van der Waals surface area (Å²) < 4.78 is 4.62. The Morgan fingerprint density at radius 3 is 2.69 bits per heavy atom. The first-order valence-electron chi connectivity index (χ1n) is 3.82. The quantitative estimate of drug-likeness (QED) is 0.459. The molecule has 13 heavy (non-hydrogen) atoms. The van der Waals surface area contributed by atoms with Crippen molar-refractivity contribution in [3.05, 3.63) is 24.0 Å². The van der Waals surface area contributed by atoms with E-state index in [4.69, 9.17) is 0 Å². The van der Waals surface area contributed by atoms with Gasteiger partial charge in [-0.15, -0.1) is 0 Å². The molecule has 0 aromatic rings. The Morgan fingerprint density at radius 2 is 2.08 bits per heavy atom. The summed E-state index contributed by atoms with van der Waals surface area (Å²) in [5.41, 5.74) is 0. The van der Waals surface area contributed by atoms with Crippen LogP contribution in [0, 0.1) is 0 Å². The molecule has 0 bridgehead atoms. The molecule has 68 valence electrons. The molecule has 0 saturated carbocycles. The van der Waals surface area contributed by atoms with Crippen LogP contribution < -0.4 is 0 Å². The maximum atomic E-state index is 11.0. The average molecular weight is 180 g/mol. The van der Waals surface area contributed by atoms with Gasteiger partial charge in [0.1, 0.15) is 0 Å². The van der Waals surface area contributed by atoms with Gasteiger partial charge in [-0.05, 0) is 12.2 Å². The first-order chi connectivity index (χ1) is 6.13. The lowest BCUT2D eigenvalue weighted by Gasteiger charge is -2.05. The van der Waals surface area contributed by atoms with Crippen LogP contribution in [0.3, 0.4) is 0 Å². The lowest BCUT2D eigenvalue weighted by Crippen LogP contribution is -2.13. The largest absolute Gasteiger partial charge is 0.422 e. The van der Waals surface area contributed by atoms with Crippen LogP contribution in [0.4, 0.5) is 0 Å². The van der Waals surface area contributed by atoms with Crippen molar-refractivity contribution in [2.75, 3.05) is 0 Å². The topological polar surface area (TPSA) is 60.4 Å². The van der Waals surface area contributed by atoms with Crippen molar-refractivity contribution in [1.29, 1.82) is 0 Å². The summed E-state index contributed by atoms with van der Waals surface area (Å²) in [6, 6.07) is 0. The highest BCUT2D eigenvalue weighted by atomic mass is 16.5. The van der Waals surface area contributed by atoms with E-state index < -0.39 is 11.8 Å². The van der Waals surface area contributed by atoms with Gasteiger partial charge in [0.25, 0.3) is 0 Å². The van der Waals surface area contributed by atoms with Crippen LogP contribution in [0.5, 0.6) is 0 Å². The zero-order chi connectivity index (χ0) is 9.84. The third kappa shape index (κ3) is 2.37. The third-order valence-electron chi connectivity index (χ3n) is 1.43. The van der Waals surface area contributed by atoms with E-state index in [9.17, 15) is 14.4 Å². The fourth-order valence-electron chi connectivity index (χ4n) is 0.763. The van der Waals surface area contributed by atoms with Crippen molar-refractivity contribution < 1.29 is 19.1 Å². The highest BCUT2D eigenvalue weighted by molar-refractivity contribution is 6.16. The molecule has 0 N–H and O–H groups in total. The molecule has 0 spiro atoms. The minimum absolute atomic E-state index is 0.169. The predicted octanol–water partition coefficient (Wildman–Crippen LogP) is 0.531. The molecule has 1 rings (SSSR count). The summed E-state index contributed by atoms with van der Waals surface area (Å²) in [7, 11) is 0. The van der Waals surface area contributed by atoms with E-state index in [1.165, 1.54) is 0 Å². The van der Waals surface area contributed by atoms with Crippen LogP contribution in [0.25, 0.3) is 0 Å². The smallest absolute Gasteiger partial charge is 0.311 e. The number of hydrogen-bond donors (Lipinski definition) is 0. The van der Waals surface area contributed by atoms with E-state index in [2.05, 4.69) is 4.74 Å². The van der Waals surface area contributed by atoms with Gasteiger partial charge >= 0.3 is 5.97 Å². The van der Waals surface area contributed by atoms with Gasteiger partial charge in [0.05, 0.1) is 0 Å². The van der Waals surface area contributed by atoms with Crippen molar-refractivity contribution in [3.63, 3.8) is 0 Å². The van der Waals surface area contributed by atoms with Crippen molar-refractivity contribution in [2.45, 2.75) is 13.3 Å². The van der Waals surface area contributed by atoms with E-state index in [0.29, 0.717) is 0 Å². The lowest BCUT2D eigenvalue weighted by molar-refractivity contribution is -0.141. The Morgan fingerprint density at radius 1 is 1.38 bits per heavy atom. The first kappa shape index (κ1) is 9.38. The second-order valence-electron chi connectivity index (χ2n) is 2.44. The van der Waals surface area contributed by atoms with Crippen molar-refractivity contribution in [1.82, 2.24) is 0 Å². The summed E-state index contributed by atoms with van der Waals surface area (Å²) in [5.74, 6) is -1.53. The van der Waals surface area contributed by atoms with Gasteiger partial charge in [-0.3, -0.25) is 14.4 Å². The molecule has 0 aromatic heterocycles. The molecule has 0 aliphatic heterocycles. The van der Waals surface area contributed by atoms with Crippen LogP contribution in [0.15, 0.2) is 24.0 Å². The standard InChI is InChI=1S/C9H8O4/c1-2-9(12)13-8-5-6(10)3-4-7(8)11/h3-5H,2H2,1H3. The molecule has 4 heteroatoms. The predicted molar refractivity (Wildman–Crippen MR) is 43.6 cm³/mol. The Kier molecular flexibility index (Phi) is 2.74. The number of ketones is 2. The zero-order valence-electron chi connectivity index (χ0n) is 7.07. The Bertz CT molecular complexity index is 323. The van der Waals surface area contributed by atoms with Crippen LogP contribution in [0.2, 0.25) is 0 Å². The van der Waals surface area contributed by atoms with Gasteiger partial charge in [-0.25, -0.2) is 0 Å². The lowest BCUT2D eigenvalue weighted by atomic mass is 10.1. The van der Waals surface area contributed by atoms with E-state index >= 15 is 0 Å². The highest BCUT2D eigenvalue weighted by Crippen LogP contribution is 2.07. The SMILES string of the molecule is CCC(=O)OC1=CC(=O)C=CC1=O. The molecule has 0 fully saturated rings. The molecule has 0 aromatic carbocycles. The molecule has 0 saturated heterocycles. The number of carbonyl (C=O) groups excluding carboxylic acids is 3. The minimum Gasteiger partial charge on any atom is -0.422 e. The first-order valence-corrected chi connectivity index (χ1v) is 3.82. The molecular weight excluding hydrogens is 172 g/mol. The van der Waals surface area contributed by atoms with Crippen LogP contribution in [-0.2, 0) is 19.1 Å². The number of esters is 1. The number of rotatable bonds is 2.